The molecule has 0 heterocycles. The van der Waals surface area contributed by atoms with Gasteiger partial charge in [-0.05, 0) is 49.8 Å². The highest BCUT2D eigenvalue weighted by Gasteiger charge is 2.29. The summed E-state index contributed by atoms with van der Waals surface area (Å²) in [4.78, 5) is 0. The van der Waals surface area contributed by atoms with Crippen molar-refractivity contribution in [3.63, 3.8) is 0 Å². The highest BCUT2D eigenvalue weighted by molar-refractivity contribution is 7.80. The van der Waals surface area contributed by atoms with Crippen molar-refractivity contribution in [2.45, 2.75) is 19.5 Å². The van der Waals surface area contributed by atoms with Crippen LogP contribution in [0.25, 0.3) is 0 Å². The number of alkyl halides is 3. The number of halogens is 3. The number of thiocarbonyl (C=S) groups is 1. The van der Waals surface area contributed by atoms with Crippen molar-refractivity contribution in [3.05, 3.63) is 29.8 Å². The van der Waals surface area contributed by atoms with E-state index < -0.39 is 11.7 Å². The van der Waals surface area contributed by atoms with Gasteiger partial charge in [0.15, 0.2) is 5.11 Å². The zero-order chi connectivity index (χ0) is 15.0. The Morgan fingerprint density at radius 1 is 1.25 bits per heavy atom. The minimum atomic E-state index is -4.32. The fourth-order valence-electron chi connectivity index (χ4n) is 1.44. The molecule has 0 aromatic heterocycles. The third-order valence-electron chi connectivity index (χ3n) is 2.43. The number of ether oxygens (including phenoxy) is 1. The summed E-state index contributed by atoms with van der Waals surface area (Å²) in [5.74, 6) is 0. The minimum Gasteiger partial charge on any atom is -0.382 e. The lowest BCUT2D eigenvalue weighted by atomic mass is 10.2. The summed E-state index contributed by atoms with van der Waals surface area (Å²) >= 11 is 5.04. The first kappa shape index (κ1) is 16.7. The number of anilines is 1. The molecule has 0 bridgehead atoms. The van der Waals surface area contributed by atoms with Crippen molar-refractivity contribution in [1.82, 2.24) is 5.32 Å². The molecule has 7 heteroatoms. The second-order valence-corrected chi connectivity index (χ2v) is 4.41. The summed E-state index contributed by atoms with van der Waals surface area (Å²) in [5.41, 5.74) is -0.168. The first-order valence-corrected chi connectivity index (χ1v) is 6.64. The molecule has 0 aliphatic heterocycles. The van der Waals surface area contributed by atoms with E-state index >= 15 is 0 Å². The number of rotatable bonds is 6. The molecule has 0 saturated carbocycles. The quantitative estimate of drug-likeness (QED) is 0.623. The Labute approximate surface area is 121 Å². The Hall–Kier alpha value is -1.34. The Balaban J connectivity index is 2.35. The summed E-state index contributed by atoms with van der Waals surface area (Å²) in [6.45, 7) is 3.89. The second-order valence-electron chi connectivity index (χ2n) is 4.01. The lowest BCUT2D eigenvalue weighted by molar-refractivity contribution is -0.137. The van der Waals surface area contributed by atoms with Crippen LogP contribution in [0.3, 0.4) is 0 Å². The SMILES string of the molecule is CCOCCCNC(=S)Nc1ccc(C(F)(F)F)cc1. The summed E-state index contributed by atoms with van der Waals surface area (Å²) in [6.07, 6.45) is -3.51. The average molecular weight is 306 g/mol. The van der Waals surface area contributed by atoms with Gasteiger partial charge in [-0.1, -0.05) is 0 Å². The van der Waals surface area contributed by atoms with Crippen LogP contribution < -0.4 is 10.6 Å². The lowest BCUT2D eigenvalue weighted by Crippen LogP contribution is -2.29. The van der Waals surface area contributed by atoms with Crippen molar-refractivity contribution in [1.29, 1.82) is 0 Å². The van der Waals surface area contributed by atoms with Gasteiger partial charge in [0.1, 0.15) is 0 Å². The highest BCUT2D eigenvalue weighted by atomic mass is 32.1. The molecule has 0 atom stereocenters. The molecule has 0 fully saturated rings. The molecular weight excluding hydrogens is 289 g/mol. The monoisotopic (exact) mass is 306 g/mol. The van der Waals surface area contributed by atoms with Crippen molar-refractivity contribution >= 4 is 23.0 Å². The molecule has 2 N–H and O–H groups in total. The molecule has 0 aliphatic carbocycles. The van der Waals surface area contributed by atoms with E-state index in [2.05, 4.69) is 10.6 Å². The maximum atomic E-state index is 12.4. The Morgan fingerprint density at radius 2 is 1.90 bits per heavy atom. The van der Waals surface area contributed by atoms with Gasteiger partial charge in [-0.25, -0.2) is 0 Å². The zero-order valence-corrected chi connectivity index (χ0v) is 11.9. The van der Waals surface area contributed by atoms with E-state index in [0.717, 1.165) is 18.6 Å². The maximum Gasteiger partial charge on any atom is 0.416 e. The number of hydrogen-bond donors (Lipinski definition) is 2. The van der Waals surface area contributed by atoms with Crippen LogP contribution in [-0.2, 0) is 10.9 Å². The van der Waals surface area contributed by atoms with Gasteiger partial charge in [0.05, 0.1) is 5.56 Å². The summed E-state index contributed by atoms with van der Waals surface area (Å²) < 4.78 is 42.3. The van der Waals surface area contributed by atoms with Crippen LogP contribution in [0.2, 0.25) is 0 Å². The van der Waals surface area contributed by atoms with E-state index in [1.165, 1.54) is 12.1 Å². The van der Waals surface area contributed by atoms with E-state index in [1.54, 1.807) is 0 Å². The molecule has 0 unspecified atom stereocenters. The van der Waals surface area contributed by atoms with E-state index in [-0.39, 0.29) is 0 Å². The van der Waals surface area contributed by atoms with Crippen molar-refractivity contribution < 1.29 is 17.9 Å². The first-order valence-electron chi connectivity index (χ1n) is 6.23. The van der Waals surface area contributed by atoms with Crippen LogP contribution in [0.5, 0.6) is 0 Å². The Bertz CT molecular complexity index is 421. The molecule has 0 saturated heterocycles. The second kappa shape index (κ2) is 8.06. The van der Waals surface area contributed by atoms with E-state index in [9.17, 15) is 13.2 Å². The summed E-state index contributed by atoms with van der Waals surface area (Å²) in [6, 6.07) is 4.72. The normalized spacial score (nSPS) is 11.2. The van der Waals surface area contributed by atoms with Crippen LogP contribution in [0, 0.1) is 0 Å². The molecule has 20 heavy (non-hydrogen) atoms. The van der Waals surface area contributed by atoms with Crippen LogP contribution in [-0.4, -0.2) is 24.9 Å². The average Bonchev–Trinajstić information content (AvgIpc) is 2.38. The Morgan fingerprint density at radius 3 is 2.45 bits per heavy atom. The van der Waals surface area contributed by atoms with Gasteiger partial charge in [-0.15, -0.1) is 0 Å². The van der Waals surface area contributed by atoms with Gasteiger partial charge in [-0.3, -0.25) is 0 Å². The fraction of sp³-hybridized carbons (Fsp3) is 0.462. The van der Waals surface area contributed by atoms with Gasteiger partial charge in [0, 0.05) is 25.4 Å². The standard InChI is InChI=1S/C13H17F3N2OS/c1-2-19-9-3-8-17-12(20)18-11-6-4-10(5-7-11)13(14,15)16/h4-7H,2-3,8-9H2,1H3,(H2,17,18,20). The molecule has 112 valence electrons. The largest absolute Gasteiger partial charge is 0.416 e. The van der Waals surface area contributed by atoms with Gasteiger partial charge in [0.2, 0.25) is 0 Å². The third-order valence-corrected chi connectivity index (χ3v) is 2.67. The molecule has 1 rings (SSSR count). The highest BCUT2D eigenvalue weighted by Crippen LogP contribution is 2.29. The van der Waals surface area contributed by atoms with Crippen LogP contribution in [0.15, 0.2) is 24.3 Å². The van der Waals surface area contributed by atoms with E-state index in [4.69, 9.17) is 17.0 Å². The van der Waals surface area contributed by atoms with E-state index in [1.807, 2.05) is 6.92 Å². The molecule has 1 aromatic carbocycles. The van der Waals surface area contributed by atoms with Gasteiger partial charge < -0.3 is 15.4 Å². The van der Waals surface area contributed by atoms with E-state index in [0.29, 0.717) is 30.6 Å². The number of hydrogen-bond acceptors (Lipinski definition) is 2. The molecule has 0 amide bonds. The van der Waals surface area contributed by atoms with Crippen LogP contribution in [0.4, 0.5) is 18.9 Å². The smallest absolute Gasteiger partial charge is 0.382 e. The van der Waals surface area contributed by atoms with Crippen molar-refractivity contribution in [3.8, 4) is 0 Å². The summed E-state index contributed by atoms with van der Waals surface area (Å²) in [7, 11) is 0. The molecule has 0 aliphatic rings. The predicted molar refractivity (Wildman–Crippen MR) is 76.8 cm³/mol. The van der Waals surface area contributed by atoms with Gasteiger partial charge in [0.25, 0.3) is 0 Å². The first-order chi connectivity index (χ1) is 9.43. The maximum absolute atomic E-state index is 12.4. The van der Waals surface area contributed by atoms with Crippen LogP contribution >= 0.6 is 12.2 Å². The minimum absolute atomic E-state index is 0.376. The lowest BCUT2D eigenvalue weighted by Gasteiger charge is -2.11. The van der Waals surface area contributed by atoms with Gasteiger partial charge in [-0.2, -0.15) is 13.2 Å². The molecule has 0 spiro atoms. The molecule has 1 aromatic rings. The van der Waals surface area contributed by atoms with Crippen molar-refractivity contribution in [2.24, 2.45) is 0 Å². The molecular formula is C13H17F3N2OS. The number of nitrogens with one attached hydrogen (secondary N) is 2. The molecule has 0 radical (unpaired) electrons. The van der Waals surface area contributed by atoms with Gasteiger partial charge >= 0.3 is 6.18 Å². The topological polar surface area (TPSA) is 33.3 Å². The predicted octanol–water partition coefficient (Wildman–Crippen LogP) is 3.42. The molecule has 3 nitrogen and oxygen atoms in total. The zero-order valence-electron chi connectivity index (χ0n) is 11.1. The third kappa shape index (κ3) is 6.21. The van der Waals surface area contributed by atoms with Crippen molar-refractivity contribution in [2.75, 3.05) is 25.1 Å². The number of benzene rings is 1. The van der Waals surface area contributed by atoms with Crippen LogP contribution in [0.1, 0.15) is 18.9 Å². The fourth-order valence-corrected chi connectivity index (χ4v) is 1.66. The Kier molecular flexibility index (Phi) is 6.74. The summed E-state index contributed by atoms with van der Waals surface area (Å²) in [5, 5.41) is 6.15.